The van der Waals surface area contributed by atoms with Gasteiger partial charge in [-0.1, -0.05) is 103 Å². The maximum Gasteiger partial charge on any atom is 0.153 e. The molecule has 0 saturated heterocycles. The van der Waals surface area contributed by atoms with Gasteiger partial charge >= 0.3 is 0 Å². The van der Waals surface area contributed by atoms with Gasteiger partial charge in [-0.3, -0.25) is 10.3 Å². The van der Waals surface area contributed by atoms with E-state index in [2.05, 4.69) is 131 Å². The fraction of sp³-hybridized carbons (Fsp3) is 0.0476. The van der Waals surface area contributed by atoms with Crippen LogP contribution in [0.3, 0.4) is 0 Å². The minimum Gasteiger partial charge on any atom is -0.455 e. The van der Waals surface area contributed by atoms with E-state index in [-0.39, 0.29) is 12.3 Å². The first-order valence-corrected chi connectivity index (χ1v) is 16.1. The molecular formula is C42H28N4O2. The second-order valence-electron chi connectivity index (χ2n) is 12.3. The monoisotopic (exact) mass is 620 g/mol. The van der Waals surface area contributed by atoms with Gasteiger partial charge < -0.3 is 14.2 Å². The number of pyridine rings is 1. The predicted molar refractivity (Wildman–Crippen MR) is 193 cm³/mol. The number of para-hydroxylation sites is 1. The van der Waals surface area contributed by atoms with Gasteiger partial charge in [0.05, 0.1) is 6.20 Å². The molecule has 228 valence electrons. The van der Waals surface area contributed by atoms with Crippen molar-refractivity contribution in [2.75, 3.05) is 0 Å². The molecule has 1 aliphatic rings. The van der Waals surface area contributed by atoms with Gasteiger partial charge in [0.2, 0.25) is 0 Å². The molecule has 6 heteroatoms. The summed E-state index contributed by atoms with van der Waals surface area (Å²) in [4.78, 5) is 9.67. The van der Waals surface area contributed by atoms with Gasteiger partial charge in [0.15, 0.2) is 5.58 Å². The third-order valence-corrected chi connectivity index (χ3v) is 9.42. The molecule has 10 rings (SSSR count). The van der Waals surface area contributed by atoms with E-state index in [0.29, 0.717) is 0 Å². The fourth-order valence-corrected chi connectivity index (χ4v) is 7.13. The second kappa shape index (κ2) is 10.7. The van der Waals surface area contributed by atoms with E-state index in [1.165, 1.54) is 5.39 Å². The maximum absolute atomic E-state index is 6.66. The molecule has 0 aliphatic carbocycles. The molecule has 3 aromatic heterocycles. The van der Waals surface area contributed by atoms with Crippen LogP contribution in [0.2, 0.25) is 0 Å². The summed E-state index contributed by atoms with van der Waals surface area (Å²) in [5.74, 6) is 0.783. The number of hydrogen-bond donors (Lipinski definition) is 2. The first-order valence-electron chi connectivity index (χ1n) is 16.1. The van der Waals surface area contributed by atoms with Gasteiger partial charge in [-0.15, -0.1) is 0 Å². The first-order chi connectivity index (χ1) is 23.8. The lowest BCUT2D eigenvalue weighted by Crippen LogP contribution is -2.45. The third-order valence-electron chi connectivity index (χ3n) is 9.42. The minimum absolute atomic E-state index is 0.171. The van der Waals surface area contributed by atoms with Crippen LogP contribution in [0.1, 0.15) is 29.0 Å². The van der Waals surface area contributed by atoms with Gasteiger partial charge in [0, 0.05) is 38.9 Å². The maximum atomic E-state index is 6.66. The molecule has 9 aromatic rings. The van der Waals surface area contributed by atoms with E-state index < -0.39 is 0 Å². The largest absolute Gasteiger partial charge is 0.455 e. The molecule has 0 fully saturated rings. The van der Waals surface area contributed by atoms with Crippen molar-refractivity contribution in [3.05, 3.63) is 163 Å². The molecule has 2 unspecified atom stereocenters. The third kappa shape index (κ3) is 4.31. The normalized spacial score (nSPS) is 16.5. The molecule has 4 heterocycles. The zero-order valence-corrected chi connectivity index (χ0v) is 25.7. The molecule has 0 amide bonds. The topological polar surface area (TPSA) is 75.6 Å². The van der Waals surface area contributed by atoms with Crippen LogP contribution in [-0.2, 0) is 0 Å². The van der Waals surface area contributed by atoms with Crippen molar-refractivity contribution in [2.45, 2.75) is 12.3 Å². The number of nitrogens with zero attached hydrogens (tertiary/aromatic N) is 2. The van der Waals surface area contributed by atoms with Gasteiger partial charge in [-0.2, -0.15) is 0 Å². The number of aliphatic imine (C=N–C) groups is 1. The zero-order chi connectivity index (χ0) is 31.6. The molecule has 0 radical (unpaired) electrons. The zero-order valence-electron chi connectivity index (χ0n) is 25.7. The molecule has 6 aromatic carbocycles. The summed E-state index contributed by atoms with van der Waals surface area (Å²) in [6, 6.07) is 46.3. The van der Waals surface area contributed by atoms with E-state index in [0.717, 1.165) is 82.9 Å². The SMILES string of the molecule is c1ccc(C2N=C(c3cc(-c4cccc5c4oc4cc6ccccc6cc45)cc4oc5cnccc5c34)NC(c3ccccc3)N2)cc1. The Morgan fingerprint density at radius 1 is 0.562 bits per heavy atom. The highest BCUT2D eigenvalue weighted by Gasteiger charge is 2.28. The van der Waals surface area contributed by atoms with E-state index in [4.69, 9.17) is 13.8 Å². The lowest BCUT2D eigenvalue weighted by molar-refractivity contribution is 0.409. The fourth-order valence-electron chi connectivity index (χ4n) is 7.13. The highest BCUT2D eigenvalue weighted by molar-refractivity contribution is 6.20. The molecule has 48 heavy (non-hydrogen) atoms. The van der Waals surface area contributed by atoms with Crippen molar-refractivity contribution in [3.63, 3.8) is 0 Å². The number of hydrogen-bond acceptors (Lipinski definition) is 6. The Hall–Kier alpha value is -6.24. The number of aromatic nitrogens is 1. The van der Waals surface area contributed by atoms with Crippen LogP contribution >= 0.6 is 0 Å². The summed E-state index contributed by atoms with van der Waals surface area (Å²) < 4.78 is 13.2. The van der Waals surface area contributed by atoms with Crippen LogP contribution in [0.25, 0.3) is 65.8 Å². The van der Waals surface area contributed by atoms with Crippen molar-refractivity contribution in [2.24, 2.45) is 4.99 Å². The number of benzene rings is 6. The Bertz CT molecular complexity index is 2690. The van der Waals surface area contributed by atoms with Crippen LogP contribution in [-0.4, -0.2) is 10.8 Å². The Kier molecular flexibility index (Phi) is 5.98. The molecule has 2 atom stereocenters. The Labute approximate surface area is 275 Å². The van der Waals surface area contributed by atoms with E-state index in [1.54, 1.807) is 6.20 Å². The molecule has 0 bridgehead atoms. The average Bonchev–Trinajstić information content (AvgIpc) is 3.72. The summed E-state index contributed by atoms with van der Waals surface area (Å²) >= 11 is 0. The van der Waals surface area contributed by atoms with Crippen molar-refractivity contribution in [1.82, 2.24) is 15.6 Å². The Morgan fingerprint density at radius 3 is 2.17 bits per heavy atom. The van der Waals surface area contributed by atoms with Crippen LogP contribution in [0.4, 0.5) is 0 Å². The molecule has 1 aliphatic heterocycles. The van der Waals surface area contributed by atoms with Crippen LogP contribution < -0.4 is 10.6 Å². The number of rotatable bonds is 4. The molecular weight excluding hydrogens is 592 g/mol. The number of fused-ring (bicyclic) bond motifs is 7. The van der Waals surface area contributed by atoms with Crippen molar-refractivity contribution in [1.29, 1.82) is 0 Å². The number of furan rings is 2. The number of amidine groups is 1. The minimum atomic E-state index is -0.265. The van der Waals surface area contributed by atoms with Gasteiger partial charge in [-0.05, 0) is 57.8 Å². The van der Waals surface area contributed by atoms with Crippen molar-refractivity contribution >= 4 is 60.5 Å². The molecule has 0 saturated carbocycles. The van der Waals surface area contributed by atoms with E-state index >= 15 is 0 Å². The summed E-state index contributed by atoms with van der Waals surface area (Å²) in [6.07, 6.45) is 3.15. The molecule has 6 nitrogen and oxygen atoms in total. The van der Waals surface area contributed by atoms with Crippen LogP contribution in [0.5, 0.6) is 0 Å². The van der Waals surface area contributed by atoms with Crippen molar-refractivity contribution in [3.8, 4) is 11.1 Å². The lowest BCUT2D eigenvalue weighted by atomic mass is 9.96. The second-order valence-corrected chi connectivity index (χ2v) is 12.3. The number of nitrogens with one attached hydrogen (secondary N) is 2. The van der Waals surface area contributed by atoms with Gasteiger partial charge in [-0.25, -0.2) is 4.99 Å². The van der Waals surface area contributed by atoms with E-state index in [9.17, 15) is 0 Å². The summed E-state index contributed by atoms with van der Waals surface area (Å²) in [6.45, 7) is 0. The quantitative estimate of drug-likeness (QED) is 0.205. The molecule has 2 N–H and O–H groups in total. The summed E-state index contributed by atoms with van der Waals surface area (Å²) in [7, 11) is 0. The van der Waals surface area contributed by atoms with E-state index in [1.807, 2.05) is 24.4 Å². The lowest BCUT2D eigenvalue weighted by Gasteiger charge is -2.32. The van der Waals surface area contributed by atoms with Gasteiger partial charge in [0.1, 0.15) is 34.9 Å². The highest BCUT2D eigenvalue weighted by Crippen LogP contribution is 2.41. The Balaban J connectivity index is 1.22. The summed E-state index contributed by atoms with van der Waals surface area (Å²) in [5, 5.41) is 14.0. The Morgan fingerprint density at radius 2 is 1.33 bits per heavy atom. The standard InChI is InChI=1S/C42H28N4O2/c1-3-10-25(11-4-1)40-44-41(26-12-5-2-6-13-26)46-42(45-40)34-21-29(23-36-38(34)32-18-19-43-24-37(32)47-36)30-16-9-17-31-33-20-27-14-7-8-15-28(27)22-35(33)48-39(30)31/h1-24,40-41,44H,(H,45,46). The highest BCUT2D eigenvalue weighted by atomic mass is 16.3. The predicted octanol–water partition coefficient (Wildman–Crippen LogP) is 10.0. The van der Waals surface area contributed by atoms with Gasteiger partial charge in [0.25, 0.3) is 0 Å². The van der Waals surface area contributed by atoms with Crippen LogP contribution in [0.15, 0.2) is 160 Å². The first kappa shape index (κ1) is 26.9. The van der Waals surface area contributed by atoms with Crippen LogP contribution in [0, 0.1) is 0 Å². The summed E-state index contributed by atoms with van der Waals surface area (Å²) in [5.41, 5.74) is 8.34. The van der Waals surface area contributed by atoms with Crippen molar-refractivity contribution < 1.29 is 8.83 Å². The molecule has 0 spiro atoms. The average molecular weight is 621 g/mol. The smallest absolute Gasteiger partial charge is 0.153 e.